The Morgan fingerprint density at radius 2 is 1.68 bits per heavy atom. The summed E-state index contributed by atoms with van der Waals surface area (Å²) in [4.78, 5) is 23.2. The number of nitrogens with zero attached hydrogens (tertiary/aromatic N) is 1. The predicted octanol–water partition coefficient (Wildman–Crippen LogP) is 5.08. The SMILES string of the molecule is CCOC(=O)CCCc1c(C)n(CCCC(=O)OCC)c2c(Br)ccc(F)c12. The van der Waals surface area contributed by atoms with Crippen molar-refractivity contribution in [1.29, 1.82) is 0 Å². The number of aromatic nitrogens is 1. The fourth-order valence-electron chi connectivity index (χ4n) is 3.45. The summed E-state index contributed by atoms with van der Waals surface area (Å²) in [5.41, 5.74) is 2.63. The maximum atomic E-state index is 14.7. The molecule has 0 aliphatic carbocycles. The molecule has 0 atom stereocenters. The summed E-state index contributed by atoms with van der Waals surface area (Å²) in [5.74, 6) is -0.743. The minimum atomic E-state index is -0.281. The molecule has 0 unspecified atom stereocenters. The van der Waals surface area contributed by atoms with E-state index in [0.717, 1.165) is 21.2 Å². The van der Waals surface area contributed by atoms with Crippen LogP contribution in [0.2, 0.25) is 0 Å². The highest BCUT2D eigenvalue weighted by Gasteiger charge is 2.20. The van der Waals surface area contributed by atoms with Gasteiger partial charge in [-0.3, -0.25) is 9.59 Å². The lowest BCUT2D eigenvalue weighted by Gasteiger charge is -2.10. The molecule has 0 fully saturated rings. The van der Waals surface area contributed by atoms with Crippen LogP contribution in [0.15, 0.2) is 16.6 Å². The van der Waals surface area contributed by atoms with E-state index in [-0.39, 0.29) is 17.8 Å². The molecule has 0 aliphatic heterocycles. The Kier molecular flexibility index (Phi) is 8.48. The summed E-state index contributed by atoms with van der Waals surface area (Å²) >= 11 is 3.53. The second-order valence-corrected chi connectivity index (χ2v) is 7.39. The Hall–Kier alpha value is -1.89. The molecule has 0 radical (unpaired) electrons. The standard InChI is InChI=1S/C21H27BrFNO4/c1-4-27-18(25)9-6-8-15-14(3)24(13-7-10-19(26)28-5-2)21-16(22)11-12-17(23)20(15)21/h11-12H,4-10,13H2,1-3H3. The normalized spacial score (nSPS) is 11.0. The van der Waals surface area contributed by atoms with Gasteiger partial charge < -0.3 is 14.0 Å². The van der Waals surface area contributed by atoms with Gasteiger partial charge in [-0.05, 0) is 73.7 Å². The maximum absolute atomic E-state index is 14.7. The molecule has 0 spiro atoms. The molecule has 0 saturated carbocycles. The van der Waals surface area contributed by atoms with E-state index in [2.05, 4.69) is 15.9 Å². The second kappa shape index (κ2) is 10.6. The highest BCUT2D eigenvalue weighted by molar-refractivity contribution is 9.10. The van der Waals surface area contributed by atoms with Crippen LogP contribution in [0.5, 0.6) is 0 Å². The maximum Gasteiger partial charge on any atom is 0.305 e. The lowest BCUT2D eigenvalue weighted by molar-refractivity contribution is -0.144. The molecule has 1 aromatic heterocycles. The van der Waals surface area contributed by atoms with Crippen LogP contribution >= 0.6 is 15.9 Å². The van der Waals surface area contributed by atoms with E-state index in [9.17, 15) is 14.0 Å². The summed E-state index contributed by atoms with van der Waals surface area (Å²) in [6.07, 6.45) is 2.40. The zero-order valence-electron chi connectivity index (χ0n) is 16.6. The van der Waals surface area contributed by atoms with Crippen molar-refractivity contribution in [3.8, 4) is 0 Å². The Labute approximate surface area is 173 Å². The number of carbonyl (C=O) groups is 2. The molecular formula is C21H27BrFNO4. The van der Waals surface area contributed by atoms with Gasteiger partial charge in [0.15, 0.2) is 0 Å². The fraction of sp³-hybridized carbons (Fsp3) is 0.524. The molecule has 0 bridgehead atoms. The molecular weight excluding hydrogens is 429 g/mol. The summed E-state index contributed by atoms with van der Waals surface area (Å²) < 4.78 is 27.5. The van der Waals surface area contributed by atoms with Crippen molar-refractivity contribution in [3.63, 3.8) is 0 Å². The molecule has 5 nitrogen and oxygen atoms in total. The van der Waals surface area contributed by atoms with Crippen molar-refractivity contribution < 1.29 is 23.5 Å². The van der Waals surface area contributed by atoms with Crippen LogP contribution < -0.4 is 0 Å². The van der Waals surface area contributed by atoms with E-state index in [0.29, 0.717) is 57.2 Å². The molecule has 0 aliphatic rings. The first kappa shape index (κ1) is 22.4. The topological polar surface area (TPSA) is 57.5 Å². The van der Waals surface area contributed by atoms with Crippen molar-refractivity contribution in [1.82, 2.24) is 4.57 Å². The first-order valence-electron chi connectivity index (χ1n) is 9.67. The van der Waals surface area contributed by atoms with Gasteiger partial charge in [0.05, 0.1) is 18.7 Å². The van der Waals surface area contributed by atoms with Crippen LogP contribution in [-0.2, 0) is 32.0 Å². The third-order valence-electron chi connectivity index (χ3n) is 4.67. The summed E-state index contributed by atoms with van der Waals surface area (Å²) in [6, 6.07) is 3.14. The van der Waals surface area contributed by atoms with Crippen molar-refractivity contribution in [2.24, 2.45) is 0 Å². The number of aryl methyl sites for hydroxylation is 2. The van der Waals surface area contributed by atoms with E-state index in [4.69, 9.17) is 9.47 Å². The average Bonchev–Trinajstić information content (AvgIpc) is 2.92. The van der Waals surface area contributed by atoms with Gasteiger partial charge in [-0.15, -0.1) is 0 Å². The molecule has 0 N–H and O–H groups in total. The van der Waals surface area contributed by atoms with E-state index in [1.165, 1.54) is 6.07 Å². The van der Waals surface area contributed by atoms with Gasteiger partial charge in [-0.1, -0.05) is 0 Å². The number of benzene rings is 1. The van der Waals surface area contributed by atoms with Gasteiger partial charge in [-0.25, -0.2) is 4.39 Å². The molecule has 154 valence electrons. The smallest absolute Gasteiger partial charge is 0.305 e. The van der Waals surface area contributed by atoms with Crippen molar-refractivity contribution in [2.45, 2.75) is 59.4 Å². The summed E-state index contributed by atoms with van der Waals surface area (Å²) in [6.45, 7) is 6.82. The number of halogens is 2. The Bertz CT molecular complexity index is 780. The fourth-order valence-corrected chi connectivity index (χ4v) is 3.99. The third kappa shape index (κ3) is 5.34. The van der Waals surface area contributed by atoms with E-state index < -0.39 is 0 Å². The van der Waals surface area contributed by atoms with E-state index in [1.54, 1.807) is 19.9 Å². The first-order valence-corrected chi connectivity index (χ1v) is 10.5. The Balaban J connectivity index is 2.26. The van der Waals surface area contributed by atoms with E-state index in [1.807, 2.05) is 11.5 Å². The number of esters is 2. The lowest BCUT2D eigenvalue weighted by Crippen LogP contribution is -2.07. The molecule has 2 aromatic rings. The monoisotopic (exact) mass is 455 g/mol. The summed E-state index contributed by atoms with van der Waals surface area (Å²) in [5, 5.41) is 0.576. The first-order chi connectivity index (χ1) is 13.4. The van der Waals surface area contributed by atoms with Gasteiger partial charge in [0, 0.05) is 34.9 Å². The van der Waals surface area contributed by atoms with Crippen LogP contribution in [0.3, 0.4) is 0 Å². The second-order valence-electron chi connectivity index (χ2n) is 6.54. The number of rotatable bonds is 10. The lowest BCUT2D eigenvalue weighted by atomic mass is 10.0. The zero-order valence-corrected chi connectivity index (χ0v) is 18.2. The Morgan fingerprint density at radius 1 is 1.07 bits per heavy atom. The summed E-state index contributed by atoms with van der Waals surface area (Å²) in [7, 11) is 0. The average molecular weight is 456 g/mol. The molecule has 0 saturated heterocycles. The largest absolute Gasteiger partial charge is 0.466 e. The number of hydrogen-bond acceptors (Lipinski definition) is 4. The minimum absolute atomic E-state index is 0.225. The van der Waals surface area contributed by atoms with Gasteiger partial charge in [0.25, 0.3) is 0 Å². The molecule has 28 heavy (non-hydrogen) atoms. The third-order valence-corrected chi connectivity index (χ3v) is 5.31. The predicted molar refractivity (Wildman–Crippen MR) is 110 cm³/mol. The quantitative estimate of drug-likeness (QED) is 0.468. The van der Waals surface area contributed by atoms with Crippen LogP contribution in [-0.4, -0.2) is 29.7 Å². The molecule has 0 amide bonds. The van der Waals surface area contributed by atoms with E-state index >= 15 is 0 Å². The van der Waals surface area contributed by atoms with Crippen molar-refractivity contribution in [2.75, 3.05) is 13.2 Å². The van der Waals surface area contributed by atoms with Gasteiger partial charge in [-0.2, -0.15) is 0 Å². The van der Waals surface area contributed by atoms with Crippen LogP contribution in [0, 0.1) is 12.7 Å². The zero-order chi connectivity index (χ0) is 20.7. The van der Waals surface area contributed by atoms with Crippen molar-refractivity contribution >= 4 is 38.8 Å². The highest BCUT2D eigenvalue weighted by Crippen LogP contribution is 2.34. The molecule has 7 heteroatoms. The van der Waals surface area contributed by atoms with Crippen molar-refractivity contribution in [3.05, 3.63) is 33.7 Å². The number of hydrogen-bond donors (Lipinski definition) is 0. The van der Waals surface area contributed by atoms with Gasteiger partial charge >= 0.3 is 11.9 Å². The molecule has 1 aromatic carbocycles. The molecule has 2 rings (SSSR count). The molecule has 1 heterocycles. The number of fused-ring (bicyclic) bond motifs is 1. The van der Waals surface area contributed by atoms with Crippen LogP contribution in [0.4, 0.5) is 4.39 Å². The Morgan fingerprint density at radius 3 is 2.29 bits per heavy atom. The number of carbonyl (C=O) groups excluding carboxylic acids is 2. The van der Waals surface area contributed by atoms with Gasteiger partial charge in [0.2, 0.25) is 0 Å². The minimum Gasteiger partial charge on any atom is -0.466 e. The van der Waals surface area contributed by atoms with Crippen LogP contribution in [0.1, 0.15) is 50.8 Å². The van der Waals surface area contributed by atoms with Gasteiger partial charge in [0.1, 0.15) is 5.82 Å². The van der Waals surface area contributed by atoms with Crippen LogP contribution in [0.25, 0.3) is 10.9 Å². The highest BCUT2D eigenvalue weighted by atomic mass is 79.9. The number of ether oxygens (including phenoxy) is 2.